The minimum atomic E-state index is -0.722. The van der Waals surface area contributed by atoms with E-state index in [-0.39, 0.29) is 12.5 Å². The van der Waals surface area contributed by atoms with Crippen LogP contribution in [-0.2, 0) is 19.1 Å². The molecule has 0 aliphatic carbocycles. The summed E-state index contributed by atoms with van der Waals surface area (Å²) in [4.78, 5) is 22.4. The van der Waals surface area contributed by atoms with Crippen molar-refractivity contribution in [1.29, 1.82) is 0 Å². The van der Waals surface area contributed by atoms with E-state index in [4.69, 9.17) is 9.47 Å². The maximum atomic E-state index is 11.4. The highest BCUT2D eigenvalue weighted by atomic mass is 16.6. The van der Waals surface area contributed by atoms with Crippen molar-refractivity contribution >= 4 is 11.9 Å². The van der Waals surface area contributed by atoms with E-state index in [1.165, 1.54) is 0 Å². The summed E-state index contributed by atoms with van der Waals surface area (Å²) in [6.07, 6.45) is -0.722. The van der Waals surface area contributed by atoms with Gasteiger partial charge in [0.25, 0.3) is 0 Å². The van der Waals surface area contributed by atoms with Gasteiger partial charge in [0.2, 0.25) is 5.91 Å². The second-order valence-electron chi connectivity index (χ2n) is 3.71. The van der Waals surface area contributed by atoms with Gasteiger partial charge in [-0.25, -0.2) is 4.79 Å². The first-order valence-corrected chi connectivity index (χ1v) is 4.56. The standard InChI is InChI=1S/C9H15NO4/c1-4-13-8(12)7-9(2,3)10-6(11)5-14-7/h7H,4-5H2,1-3H3,(H,10,11)/t7-/m0/s1. The molecule has 1 rings (SSSR count). The summed E-state index contributed by atoms with van der Waals surface area (Å²) in [5, 5.41) is 2.68. The largest absolute Gasteiger partial charge is 0.464 e. The monoisotopic (exact) mass is 201 g/mol. The van der Waals surface area contributed by atoms with Crippen molar-refractivity contribution in [2.24, 2.45) is 0 Å². The normalized spacial score (nSPS) is 25.4. The lowest BCUT2D eigenvalue weighted by Gasteiger charge is -2.37. The molecule has 1 N–H and O–H groups in total. The van der Waals surface area contributed by atoms with E-state index in [1.807, 2.05) is 0 Å². The van der Waals surface area contributed by atoms with Crippen LogP contribution in [0.5, 0.6) is 0 Å². The van der Waals surface area contributed by atoms with Crippen LogP contribution in [0.1, 0.15) is 20.8 Å². The van der Waals surface area contributed by atoms with Crippen molar-refractivity contribution < 1.29 is 19.1 Å². The molecule has 0 bridgehead atoms. The van der Waals surface area contributed by atoms with Crippen LogP contribution < -0.4 is 5.32 Å². The molecule has 1 aliphatic rings. The first-order valence-electron chi connectivity index (χ1n) is 4.56. The van der Waals surface area contributed by atoms with Crippen molar-refractivity contribution in [1.82, 2.24) is 5.32 Å². The highest BCUT2D eigenvalue weighted by molar-refractivity contribution is 5.84. The third-order valence-corrected chi connectivity index (χ3v) is 2.00. The Hall–Kier alpha value is -1.10. The summed E-state index contributed by atoms with van der Waals surface area (Å²) >= 11 is 0. The number of hydrogen-bond acceptors (Lipinski definition) is 4. The minimum Gasteiger partial charge on any atom is -0.464 e. The Morgan fingerprint density at radius 2 is 2.36 bits per heavy atom. The third kappa shape index (κ3) is 2.23. The minimum absolute atomic E-state index is 0.0904. The molecule has 0 saturated carbocycles. The second-order valence-corrected chi connectivity index (χ2v) is 3.71. The number of morpholine rings is 1. The van der Waals surface area contributed by atoms with Crippen LogP contribution in [-0.4, -0.2) is 36.7 Å². The topological polar surface area (TPSA) is 64.6 Å². The molecule has 0 unspecified atom stereocenters. The summed E-state index contributed by atoms with van der Waals surface area (Å²) in [7, 11) is 0. The first-order chi connectivity index (χ1) is 6.47. The Morgan fingerprint density at radius 3 is 2.86 bits per heavy atom. The molecule has 1 fully saturated rings. The number of esters is 1. The molecule has 0 aromatic rings. The molecule has 1 amide bonds. The average molecular weight is 201 g/mol. The van der Waals surface area contributed by atoms with E-state index in [0.717, 1.165) is 0 Å². The van der Waals surface area contributed by atoms with Crippen LogP contribution in [0.2, 0.25) is 0 Å². The zero-order chi connectivity index (χ0) is 10.8. The van der Waals surface area contributed by atoms with Gasteiger partial charge in [-0.1, -0.05) is 0 Å². The molecule has 1 atom stereocenters. The van der Waals surface area contributed by atoms with Crippen LogP contribution in [0, 0.1) is 0 Å². The van der Waals surface area contributed by atoms with Gasteiger partial charge >= 0.3 is 5.97 Å². The molecule has 14 heavy (non-hydrogen) atoms. The highest BCUT2D eigenvalue weighted by Crippen LogP contribution is 2.18. The van der Waals surface area contributed by atoms with Gasteiger partial charge in [0, 0.05) is 0 Å². The molecule has 5 heteroatoms. The van der Waals surface area contributed by atoms with Crippen molar-refractivity contribution in [3.05, 3.63) is 0 Å². The van der Waals surface area contributed by atoms with Crippen molar-refractivity contribution in [2.75, 3.05) is 13.2 Å². The van der Waals surface area contributed by atoms with E-state index >= 15 is 0 Å². The van der Waals surface area contributed by atoms with Crippen molar-refractivity contribution in [2.45, 2.75) is 32.4 Å². The second kappa shape index (κ2) is 3.96. The zero-order valence-electron chi connectivity index (χ0n) is 8.62. The lowest BCUT2D eigenvalue weighted by molar-refractivity contribution is -0.169. The summed E-state index contributed by atoms with van der Waals surface area (Å²) in [6.45, 7) is 5.40. The molecular formula is C9H15NO4. The maximum Gasteiger partial charge on any atom is 0.337 e. The Morgan fingerprint density at radius 1 is 1.71 bits per heavy atom. The predicted molar refractivity (Wildman–Crippen MR) is 48.6 cm³/mol. The SMILES string of the molecule is CCOC(=O)[C@@H]1OCC(=O)NC1(C)C. The van der Waals surface area contributed by atoms with E-state index in [9.17, 15) is 9.59 Å². The summed E-state index contributed by atoms with van der Waals surface area (Å²) in [6, 6.07) is 0. The Balaban J connectivity index is 2.68. The third-order valence-electron chi connectivity index (χ3n) is 2.00. The fourth-order valence-corrected chi connectivity index (χ4v) is 1.41. The van der Waals surface area contributed by atoms with Gasteiger partial charge < -0.3 is 14.8 Å². The quantitative estimate of drug-likeness (QED) is 0.631. The smallest absolute Gasteiger partial charge is 0.337 e. The van der Waals surface area contributed by atoms with Gasteiger partial charge in [-0.15, -0.1) is 0 Å². The van der Waals surface area contributed by atoms with E-state index in [0.29, 0.717) is 6.61 Å². The number of ether oxygens (including phenoxy) is 2. The van der Waals surface area contributed by atoms with E-state index < -0.39 is 17.6 Å². The molecule has 0 aromatic carbocycles. The molecule has 1 saturated heterocycles. The Bertz CT molecular complexity index is 249. The van der Waals surface area contributed by atoms with Gasteiger partial charge in [-0.05, 0) is 20.8 Å². The van der Waals surface area contributed by atoms with E-state index in [2.05, 4.69) is 5.32 Å². The van der Waals surface area contributed by atoms with Crippen LogP contribution in [0.15, 0.2) is 0 Å². The molecule has 0 aromatic heterocycles. The van der Waals surface area contributed by atoms with Gasteiger partial charge in [0.1, 0.15) is 6.61 Å². The first kappa shape index (κ1) is 11.0. The molecule has 80 valence electrons. The molecular weight excluding hydrogens is 186 g/mol. The lowest BCUT2D eigenvalue weighted by atomic mass is 9.95. The van der Waals surface area contributed by atoms with Gasteiger partial charge in [0.15, 0.2) is 6.10 Å². The van der Waals surface area contributed by atoms with Crippen LogP contribution in [0.4, 0.5) is 0 Å². The van der Waals surface area contributed by atoms with Crippen LogP contribution in [0.25, 0.3) is 0 Å². The molecule has 0 spiro atoms. The number of amides is 1. The van der Waals surface area contributed by atoms with Gasteiger partial charge in [-0.2, -0.15) is 0 Å². The fraction of sp³-hybridized carbons (Fsp3) is 0.778. The average Bonchev–Trinajstić information content (AvgIpc) is 2.01. The zero-order valence-corrected chi connectivity index (χ0v) is 8.62. The van der Waals surface area contributed by atoms with E-state index in [1.54, 1.807) is 20.8 Å². The number of carbonyl (C=O) groups is 2. The summed E-state index contributed by atoms with van der Waals surface area (Å²) in [5.74, 6) is -0.645. The number of carbonyl (C=O) groups excluding carboxylic acids is 2. The number of rotatable bonds is 2. The predicted octanol–water partition coefficient (Wildman–Crippen LogP) is -0.157. The van der Waals surface area contributed by atoms with Crippen molar-refractivity contribution in [3.63, 3.8) is 0 Å². The molecule has 5 nitrogen and oxygen atoms in total. The van der Waals surface area contributed by atoms with Gasteiger partial charge in [0.05, 0.1) is 12.1 Å². The summed E-state index contributed by atoms with van der Waals surface area (Å²) < 4.78 is 9.97. The van der Waals surface area contributed by atoms with Gasteiger partial charge in [-0.3, -0.25) is 4.79 Å². The maximum absolute atomic E-state index is 11.4. The molecule has 1 aliphatic heterocycles. The Kier molecular flexibility index (Phi) is 3.10. The fourth-order valence-electron chi connectivity index (χ4n) is 1.41. The number of hydrogen-bond donors (Lipinski definition) is 1. The lowest BCUT2D eigenvalue weighted by Crippen LogP contribution is -2.61. The highest BCUT2D eigenvalue weighted by Gasteiger charge is 2.42. The van der Waals surface area contributed by atoms with Crippen LogP contribution >= 0.6 is 0 Å². The van der Waals surface area contributed by atoms with Crippen molar-refractivity contribution in [3.8, 4) is 0 Å². The molecule has 0 radical (unpaired) electrons. The molecule has 1 heterocycles. The summed E-state index contributed by atoms with van der Waals surface area (Å²) in [5.41, 5.74) is -0.707. The Labute approximate surface area is 82.8 Å². The number of nitrogens with one attached hydrogen (secondary N) is 1. The van der Waals surface area contributed by atoms with Crippen LogP contribution in [0.3, 0.4) is 0 Å².